The molecule has 3 rings (SSSR count). The maximum Gasteiger partial charge on any atom is 0.353 e. The Hall–Kier alpha value is -3.66. The highest BCUT2D eigenvalue weighted by Gasteiger charge is 2.54. The lowest BCUT2D eigenvalue weighted by atomic mass is 10.0. The summed E-state index contributed by atoms with van der Waals surface area (Å²) in [6.07, 6.45) is 1.26. The highest BCUT2D eigenvalue weighted by Crippen LogP contribution is 2.39. The Morgan fingerprint density at radius 3 is 2.81 bits per heavy atom. The Labute approximate surface area is 189 Å². The van der Waals surface area contributed by atoms with Crippen LogP contribution in [0.5, 0.6) is 0 Å². The molecule has 1 aromatic heterocycles. The number of nitrogens with zero attached hydrogens (tertiary/aromatic N) is 5. The van der Waals surface area contributed by atoms with E-state index in [1.54, 1.807) is 0 Å². The van der Waals surface area contributed by atoms with Crippen LogP contribution in [0.1, 0.15) is 5.69 Å². The summed E-state index contributed by atoms with van der Waals surface area (Å²) in [7, 11) is 2.72. The number of oxime groups is 1. The van der Waals surface area contributed by atoms with Gasteiger partial charge in [-0.3, -0.25) is 19.5 Å². The van der Waals surface area contributed by atoms with Gasteiger partial charge in [0.1, 0.15) is 29.9 Å². The van der Waals surface area contributed by atoms with Gasteiger partial charge < -0.3 is 26.7 Å². The molecule has 14 nitrogen and oxygen atoms in total. The number of aliphatic imine (C=N–C) groups is 1. The fourth-order valence-corrected chi connectivity index (χ4v) is 4.72. The first kappa shape index (κ1) is 23.0. The third-order valence-corrected chi connectivity index (χ3v) is 6.27. The lowest BCUT2D eigenvalue weighted by Gasteiger charge is -2.49. The van der Waals surface area contributed by atoms with Crippen molar-refractivity contribution in [3.63, 3.8) is 0 Å². The fourth-order valence-electron chi connectivity index (χ4n) is 2.87. The standard InChI is InChI=1S/C16H19N9O5S2/c1-19-15(17)23-20-3-6-4-31-13-9(12(27)25(13)10(6)14(28)29)22-11(26)8(24-30-2)7-5-32-16(18)21-7/h3,5,9,13H,4H2,1-2H3,(H2,18,21)(H,22,26)(H,28,29)(H3,17,19,23)/b20-3-,24-8?/t9-,13-/m1/s1. The third-order valence-electron chi connectivity index (χ3n) is 4.29. The predicted molar refractivity (Wildman–Crippen MR) is 119 cm³/mol. The minimum absolute atomic E-state index is 0.0401. The number of nitrogens with two attached hydrogens (primary N) is 2. The van der Waals surface area contributed by atoms with Crippen molar-refractivity contribution >= 4 is 63.9 Å². The number of rotatable bonds is 7. The summed E-state index contributed by atoms with van der Waals surface area (Å²) in [4.78, 5) is 50.8. The van der Waals surface area contributed by atoms with Gasteiger partial charge in [0, 0.05) is 23.8 Å². The van der Waals surface area contributed by atoms with Gasteiger partial charge in [0.2, 0.25) is 5.96 Å². The third kappa shape index (κ3) is 4.50. The number of anilines is 1. The zero-order chi connectivity index (χ0) is 23.4. The summed E-state index contributed by atoms with van der Waals surface area (Å²) in [6, 6.07) is -0.959. The highest BCUT2D eigenvalue weighted by atomic mass is 32.2. The van der Waals surface area contributed by atoms with Crippen LogP contribution in [0.25, 0.3) is 0 Å². The SMILES string of the molecule is CN=C(N)N/N=C\C1=C(C(=O)O)N2C(=O)[C@@H](NC(=O)C(=NOC)c3csc(N)n3)[C@H]2SC1. The normalized spacial score (nSPS) is 21.3. The first-order chi connectivity index (χ1) is 15.3. The molecule has 7 N–H and O–H groups in total. The Morgan fingerprint density at radius 1 is 1.47 bits per heavy atom. The Kier molecular flexibility index (Phi) is 6.94. The molecule has 16 heteroatoms. The molecule has 0 unspecified atom stereocenters. The molecule has 0 aromatic carbocycles. The van der Waals surface area contributed by atoms with Crippen molar-refractivity contribution in [1.29, 1.82) is 0 Å². The van der Waals surface area contributed by atoms with Gasteiger partial charge in [-0.05, 0) is 0 Å². The number of hydrogen-bond acceptors (Lipinski definition) is 11. The van der Waals surface area contributed by atoms with E-state index in [2.05, 4.69) is 31.0 Å². The molecular weight excluding hydrogens is 462 g/mol. The van der Waals surface area contributed by atoms with Crippen molar-refractivity contribution in [1.82, 2.24) is 20.6 Å². The number of fused-ring (bicyclic) bond motifs is 1. The molecule has 2 amide bonds. The van der Waals surface area contributed by atoms with Crippen LogP contribution in [0.2, 0.25) is 0 Å². The average molecular weight is 482 g/mol. The molecular formula is C16H19N9O5S2. The number of carbonyl (C=O) groups excluding carboxylic acids is 2. The van der Waals surface area contributed by atoms with E-state index < -0.39 is 29.2 Å². The Balaban J connectivity index is 1.77. The van der Waals surface area contributed by atoms with Crippen LogP contribution in [0.4, 0.5) is 5.13 Å². The number of nitrogen functional groups attached to an aromatic ring is 1. The van der Waals surface area contributed by atoms with Crippen LogP contribution in [-0.2, 0) is 19.2 Å². The van der Waals surface area contributed by atoms with Gasteiger partial charge in [-0.15, -0.1) is 23.1 Å². The second kappa shape index (κ2) is 9.65. The van der Waals surface area contributed by atoms with Gasteiger partial charge in [0.05, 0.1) is 6.21 Å². The molecule has 32 heavy (non-hydrogen) atoms. The molecule has 3 heterocycles. The molecule has 170 valence electrons. The van der Waals surface area contributed by atoms with E-state index in [1.165, 1.54) is 37.5 Å². The fraction of sp³-hybridized carbons (Fsp3) is 0.312. The van der Waals surface area contributed by atoms with Crippen LogP contribution >= 0.6 is 23.1 Å². The van der Waals surface area contributed by atoms with E-state index in [9.17, 15) is 19.5 Å². The number of β-lactam (4-membered cyclic amide) rings is 1. The summed E-state index contributed by atoms with van der Waals surface area (Å²) in [5, 5.41) is 20.9. The van der Waals surface area contributed by atoms with Gasteiger partial charge in [-0.1, -0.05) is 5.16 Å². The summed E-state index contributed by atoms with van der Waals surface area (Å²) in [5.74, 6) is -2.32. The summed E-state index contributed by atoms with van der Waals surface area (Å²) >= 11 is 2.38. The van der Waals surface area contributed by atoms with Crippen molar-refractivity contribution in [2.75, 3.05) is 25.6 Å². The zero-order valence-electron chi connectivity index (χ0n) is 16.8. The van der Waals surface area contributed by atoms with Gasteiger partial charge in [-0.2, -0.15) is 5.10 Å². The minimum atomic E-state index is -1.30. The molecule has 1 saturated heterocycles. The maximum atomic E-state index is 12.7. The topological polar surface area (TPSA) is 210 Å². The molecule has 1 fully saturated rings. The molecule has 2 aliphatic heterocycles. The van der Waals surface area contributed by atoms with Crippen molar-refractivity contribution in [2.45, 2.75) is 11.4 Å². The zero-order valence-corrected chi connectivity index (χ0v) is 18.4. The number of aromatic nitrogens is 1. The van der Waals surface area contributed by atoms with E-state index in [-0.39, 0.29) is 33.9 Å². The average Bonchev–Trinajstić information content (AvgIpc) is 3.20. The monoisotopic (exact) mass is 481 g/mol. The van der Waals surface area contributed by atoms with Gasteiger partial charge >= 0.3 is 5.97 Å². The van der Waals surface area contributed by atoms with Crippen LogP contribution in [-0.4, -0.2) is 82.0 Å². The van der Waals surface area contributed by atoms with Crippen molar-refractivity contribution < 1.29 is 24.3 Å². The quantitative estimate of drug-likeness (QED) is 0.129. The van der Waals surface area contributed by atoms with Gasteiger partial charge in [0.15, 0.2) is 10.8 Å². The van der Waals surface area contributed by atoms with Gasteiger partial charge in [0.25, 0.3) is 11.8 Å². The van der Waals surface area contributed by atoms with E-state index in [4.69, 9.17) is 16.3 Å². The Bertz CT molecular complexity index is 1060. The number of hydrazone groups is 1. The summed E-state index contributed by atoms with van der Waals surface area (Å²) in [6.45, 7) is 0. The van der Waals surface area contributed by atoms with Crippen LogP contribution < -0.4 is 22.2 Å². The van der Waals surface area contributed by atoms with Crippen molar-refractivity contribution in [2.24, 2.45) is 21.0 Å². The van der Waals surface area contributed by atoms with E-state index >= 15 is 0 Å². The van der Waals surface area contributed by atoms with E-state index in [0.29, 0.717) is 5.57 Å². The van der Waals surface area contributed by atoms with Crippen LogP contribution in [0, 0.1) is 0 Å². The minimum Gasteiger partial charge on any atom is -0.477 e. The smallest absolute Gasteiger partial charge is 0.353 e. The number of aliphatic carboxylic acids is 1. The molecule has 0 aliphatic carbocycles. The molecule has 2 atom stereocenters. The van der Waals surface area contributed by atoms with E-state index in [1.807, 2.05) is 0 Å². The molecule has 0 spiro atoms. The number of amides is 2. The number of thiazole rings is 1. The number of hydrogen-bond donors (Lipinski definition) is 5. The number of guanidine groups is 1. The highest BCUT2D eigenvalue weighted by molar-refractivity contribution is 8.00. The lowest BCUT2D eigenvalue weighted by molar-refractivity contribution is -0.150. The van der Waals surface area contributed by atoms with Crippen LogP contribution in [0.3, 0.4) is 0 Å². The lowest BCUT2D eigenvalue weighted by Crippen LogP contribution is -2.71. The van der Waals surface area contributed by atoms with Crippen LogP contribution in [0.15, 0.2) is 31.9 Å². The van der Waals surface area contributed by atoms with E-state index in [0.717, 1.165) is 16.2 Å². The van der Waals surface area contributed by atoms with Crippen molar-refractivity contribution in [3.8, 4) is 0 Å². The molecule has 2 aliphatic rings. The molecule has 0 radical (unpaired) electrons. The first-order valence-electron chi connectivity index (χ1n) is 8.84. The predicted octanol–water partition coefficient (Wildman–Crippen LogP) is -1.67. The van der Waals surface area contributed by atoms with Gasteiger partial charge in [-0.25, -0.2) is 15.2 Å². The first-order valence-corrected chi connectivity index (χ1v) is 10.8. The van der Waals surface area contributed by atoms with Crippen molar-refractivity contribution in [3.05, 3.63) is 22.3 Å². The summed E-state index contributed by atoms with van der Waals surface area (Å²) < 4.78 is 0. The summed E-state index contributed by atoms with van der Waals surface area (Å²) in [5.41, 5.74) is 13.6. The number of carbonyl (C=O) groups is 3. The largest absolute Gasteiger partial charge is 0.477 e. The number of carboxylic acids is 1. The number of thioether (sulfide) groups is 1. The second-order valence-electron chi connectivity index (χ2n) is 6.21. The Morgan fingerprint density at radius 2 is 2.22 bits per heavy atom. The maximum absolute atomic E-state index is 12.7. The molecule has 0 bridgehead atoms. The number of carboxylic acid groups (broad SMARTS) is 1. The molecule has 0 saturated carbocycles. The molecule has 1 aromatic rings. The number of nitrogens with one attached hydrogen (secondary N) is 2. The second-order valence-corrected chi connectivity index (χ2v) is 8.21.